The van der Waals surface area contributed by atoms with Crippen LogP contribution in [0, 0.1) is 6.92 Å². The second kappa shape index (κ2) is 4.15. The average molecular weight is 254 g/mol. The van der Waals surface area contributed by atoms with Gasteiger partial charge in [0.2, 0.25) is 0 Å². The zero-order valence-corrected chi connectivity index (χ0v) is 9.54. The second-order valence-electron chi connectivity index (χ2n) is 2.63. The lowest BCUT2D eigenvalue weighted by molar-refractivity contribution is -0.141. The van der Waals surface area contributed by atoms with Crippen LogP contribution in [-0.4, -0.2) is 36.3 Å². The van der Waals surface area contributed by atoms with E-state index in [0.29, 0.717) is 0 Å². The molecule has 0 aliphatic heterocycles. The van der Waals surface area contributed by atoms with Gasteiger partial charge >= 0.3 is 5.97 Å². The number of hydrogen-bond acceptors (Lipinski definition) is 6. The van der Waals surface area contributed by atoms with Gasteiger partial charge < -0.3 is 4.74 Å². The van der Waals surface area contributed by atoms with E-state index in [9.17, 15) is 13.2 Å². The minimum absolute atomic E-state index is 0.264. The molecule has 0 bridgehead atoms. The van der Waals surface area contributed by atoms with Crippen LogP contribution in [0.4, 0.5) is 0 Å². The smallest absolute Gasteiger partial charge is 0.325 e. The van der Waals surface area contributed by atoms with Crippen LogP contribution < -0.4 is 0 Å². The minimum atomic E-state index is -4.01. The first-order chi connectivity index (χ1) is 6.86. The number of aryl methyl sites for hydroxylation is 1. The van der Waals surface area contributed by atoms with Gasteiger partial charge in [-0.15, -0.1) is 10.2 Å². The van der Waals surface area contributed by atoms with Crippen LogP contribution in [0.25, 0.3) is 0 Å². The molecular formula is C6H8ClN3O4S. The van der Waals surface area contributed by atoms with Crippen molar-refractivity contribution in [1.29, 1.82) is 0 Å². The number of halogens is 1. The number of rotatable bonds is 3. The Hall–Kier alpha value is -1.15. The minimum Gasteiger partial charge on any atom is -0.468 e. The Morgan fingerprint density at radius 1 is 1.53 bits per heavy atom. The van der Waals surface area contributed by atoms with Crippen LogP contribution in [0.3, 0.4) is 0 Å². The number of nitrogens with zero attached hydrogens (tertiary/aromatic N) is 3. The Morgan fingerprint density at radius 2 is 2.13 bits per heavy atom. The van der Waals surface area contributed by atoms with Gasteiger partial charge in [0.1, 0.15) is 12.4 Å². The molecular weight excluding hydrogens is 246 g/mol. The molecule has 0 amide bonds. The number of carbonyl (C=O) groups excluding carboxylic acids is 1. The van der Waals surface area contributed by atoms with Crippen molar-refractivity contribution in [3.8, 4) is 0 Å². The monoisotopic (exact) mass is 253 g/mol. The van der Waals surface area contributed by atoms with Gasteiger partial charge in [0, 0.05) is 10.7 Å². The Labute approximate surface area is 90.4 Å². The Morgan fingerprint density at radius 3 is 2.60 bits per heavy atom. The molecule has 1 aromatic rings. The van der Waals surface area contributed by atoms with E-state index in [2.05, 4.69) is 14.9 Å². The largest absolute Gasteiger partial charge is 0.468 e. The number of methoxy groups -OCH3 is 1. The fraction of sp³-hybridized carbons (Fsp3) is 0.500. The molecule has 0 radical (unpaired) electrons. The maximum absolute atomic E-state index is 11.0. The first-order valence-corrected chi connectivity index (χ1v) is 6.08. The molecule has 7 nitrogen and oxygen atoms in total. The SMILES string of the molecule is COC(=O)Cn1c(C)nnc1S(=O)(=O)Cl. The van der Waals surface area contributed by atoms with Gasteiger partial charge in [0.05, 0.1) is 7.11 Å². The summed E-state index contributed by atoms with van der Waals surface area (Å²) in [6.07, 6.45) is 0. The van der Waals surface area contributed by atoms with Crippen molar-refractivity contribution in [1.82, 2.24) is 14.8 Å². The number of aromatic nitrogens is 3. The molecule has 0 aliphatic carbocycles. The Balaban J connectivity index is 3.17. The first kappa shape index (κ1) is 11.9. The lowest BCUT2D eigenvalue weighted by atomic mass is 10.6. The summed E-state index contributed by atoms with van der Waals surface area (Å²) in [5.74, 6) is -0.348. The summed E-state index contributed by atoms with van der Waals surface area (Å²) in [4.78, 5) is 11.0. The van der Waals surface area contributed by atoms with Crippen LogP contribution >= 0.6 is 10.7 Å². The van der Waals surface area contributed by atoms with E-state index in [-0.39, 0.29) is 12.4 Å². The summed E-state index contributed by atoms with van der Waals surface area (Å²) in [6.45, 7) is 1.21. The van der Waals surface area contributed by atoms with Crippen molar-refractivity contribution in [2.75, 3.05) is 7.11 Å². The molecule has 0 N–H and O–H groups in total. The third-order valence-corrected chi connectivity index (χ3v) is 2.79. The highest BCUT2D eigenvalue weighted by Gasteiger charge is 2.22. The van der Waals surface area contributed by atoms with Crippen molar-refractivity contribution in [2.45, 2.75) is 18.6 Å². The Bertz CT molecular complexity index is 481. The zero-order chi connectivity index (χ0) is 11.6. The molecule has 0 aliphatic rings. The van der Waals surface area contributed by atoms with Crippen molar-refractivity contribution in [3.63, 3.8) is 0 Å². The third kappa shape index (κ3) is 2.66. The normalized spacial score (nSPS) is 11.4. The molecule has 0 saturated heterocycles. The van der Waals surface area contributed by atoms with Gasteiger partial charge in [-0.2, -0.15) is 0 Å². The zero-order valence-electron chi connectivity index (χ0n) is 7.97. The third-order valence-electron chi connectivity index (χ3n) is 1.63. The maximum Gasteiger partial charge on any atom is 0.325 e. The topological polar surface area (TPSA) is 91.2 Å². The highest BCUT2D eigenvalue weighted by atomic mass is 35.7. The molecule has 0 aromatic carbocycles. The summed E-state index contributed by atoms with van der Waals surface area (Å²) < 4.78 is 27.5. The fourth-order valence-electron chi connectivity index (χ4n) is 0.918. The first-order valence-electron chi connectivity index (χ1n) is 3.77. The average Bonchev–Trinajstić information content (AvgIpc) is 2.47. The predicted octanol–water partition coefficient (Wildman–Crippen LogP) is -0.313. The molecule has 15 heavy (non-hydrogen) atoms. The number of hydrogen-bond donors (Lipinski definition) is 0. The molecule has 1 aromatic heterocycles. The van der Waals surface area contributed by atoms with Crippen LogP contribution in [0.2, 0.25) is 0 Å². The van der Waals surface area contributed by atoms with Crippen LogP contribution in [0.15, 0.2) is 5.16 Å². The summed E-state index contributed by atoms with van der Waals surface area (Å²) in [6, 6.07) is 0. The van der Waals surface area contributed by atoms with E-state index < -0.39 is 20.2 Å². The van der Waals surface area contributed by atoms with E-state index in [0.717, 1.165) is 4.57 Å². The number of esters is 1. The lowest BCUT2D eigenvalue weighted by Crippen LogP contribution is -2.16. The summed E-state index contributed by atoms with van der Waals surface area (Å²) >= 11 is 0. The molecule has 9 heteroatoms. The van der Waals surface area contributed by atoms with E-state index in [1.807, 2.05) is 0 Å². The molecule has 0 atom stereocenters. The van der Waals surface area contributed by atoms with Gasteiger partial charge in [-0.05, 0) is 6.92 Å². The molecule has 0 fully saturated rings. The molecule has 0 spiro atoms. The van der Waals surface area contributed by atoms with Gasteiger partial charge in [-0.3, -0.25) is 9.36 Å². The second-order valence-corrected chi connectivity index (χ2v) is 5.09. The number of carbonyl (C=O) groups is 1. The fourth-order valence-corrected chi connectivity index (χ4v) is 1.86. The molecule has 1 heterocycles. The van der Waals surface area contributed by atoms with E-state index in [4.69, 9.17) is 10.7 Å². The Kier molecular flexibility index (Phi) is 3.30. The highest BCUT2D eigenvalue weighted by molar-refractivity contribution is 8.13. The van der Waals surface area contributed by atoms with Crippen LogP contribution in [-0.2, 0) is 25.1 Å². The molecule has 1 rings (SSSR count). The standard InChI is InChI=1S/C6H8ClN3O4S/c1-4-8-9-6(15(7,12)13)10(4)3-5(11)14-2/h3H2,1-2H3. The van der Waals surface area contributed by atoms with Gasteiger partial charge in [-0.1, -0.05) is 0 Å². The van der Waals surface area contributed by atoms with Crippen molar-refractivity contribution >= 4 is 25.7 Å². The van der Waals surface area contributed by atoms with Crippen LogP contribution in [0.5, 0.6) is 0 Å². The number of ether oxygens (including phenoxy) is 1. The van der Waals surface area contributed by atoms with Crippen molar-refractivity contribution in [2.24, 2.45) is 0 Å². The van der Waals surface area contributed by atoms with Gasteiger partial charge in [0.25, 0.3) is 14.2 Å². The summed E-state index contributed by atoms with van der Waals surface area (Å²) in [5, 5.41) is 6.41. The van der Waals surface area contributed by atoms with E-state index in [1.165, 1.54) is 14.0 Å². The quantitative estimate of drug-likeness (QED) is 0.542. The maximum atomic E-state index is 11.0. The van der Waals surface area contributed by atoms with Crippen molar-refractivity contribution < 1.29 is 17.9 Å². The van der Waals surface area contributed by atoms with E-state index >= 15 is 0 Å². The lowest BCUT2D eigenvalue weighted by Gasteiger charge is -2.04. The molecule has 0 unspecified atom stereocenters. The molecule has 84 valence electrons. The van der Waals surface area contributed by atoms with Crippen molar-refractivity contribution in [3.05, 3.63) is 5.82 Å². The van der Waals surface area contributed by atoms with Gasteiger partial charge in [-0.25, -0.2) is 8.42 Å². The van der Waals surface area contributed by atoms with Gasteiger partial charge in [0.15, 0.2) is 0 Å². The van der Waals surface area contributed by atoms with Crippen LogP contribution in [0.1, 0.15) is 5.82 Å². The van der Waals surface area contributed by atoms with E-state index in [1.54, 1.807) is 0 Å². The summed E-state index contributed by atoms with van der Waals surface area (Å²) in [7, 11) is 2.28. The summed E-state index contributed by atoms with van der Waals surface area (Å²) in [5.41, 5.74) is 0. The predicted molar refractivity (Wildman–Crippen MR) is 49.8 cm³/mol. The highest BCUT2D eigenvalue weighted by Crippen LogP contribution is 2.13. The molecule has 0 saturated carbocycles.